The van der Waals surface area contributed by atoms with E-state index < -0.39 is 42.5 Å². The number of aliphatic carboxylic acids is 1. The van der Waals surface area contributed by atoms with Crippen LogP contribution in [0.15, 0.2) is 59.7 Å². The molecule has 1 fully saturated rings. The molecule has 2 heterocycles. The Morgan fingerprint density at radius 1 is 1.00 bits per heavy atom. The first-order valence-electron chi connectivity index (χ1n) is 23.1. The monoisotopic (exact) mass is 845 g/mol. The van der Waals surface area contributed by atoms with Gasteiger partial charge in [0.05, 0.1) is 24.4 Å². The first-order chi connectivity index (χ1) is 29.3. The highest BCUT2D eigenvalue weighted by Crippen LogP contribution is 2.32. The molecular formula is C51H76N2O8. The van der Waals surface area contributed by atoms with Crippen molar-refractivity contribution in [3.8, 4) is 17.6 Å². The van der Waals surface area contributed by atoms with Crippen molar-refractivity contribution in [1.29, 1.82) is 0 Å². The molecular weight excluding hydrogens is 769 g/mol. The fourth-order valence-corrected chi connectivity index (χ4v) is 9.43. The van der Waals surface area contributed by atoms with E-state index in [9.17, 15) is 40.5 Å². The number of hydrogen-bond donors (Lipinski definition) is 9. The summed E-state index contributed by atoms with van der Waals surface area (Å²) in [6.07, 6.45) is 13.8. The molecule has 4 rings (SSSR count). The average molecular weight is 845 g/mol. The number of carboxylic acids is 1. The number of fused-ring (bicyclic) bond motifs is 1. The van der Waals surface area contributed by atoms with E-state index in [0.717, 1.165) is 96.8 Å². The van der Waals surface area contributed by atoms with Gasteiger partial charge in [0.15, 0.2) is 0 Å². The second-order valence-corrected chi connectivity index (χ2v) is 18.0. The van der Waals surface area contributed by atoms with Crippen molar-refractivity contribution in [3.63, 3.8) is 0 Å². The summed E-state index contributed by atoms with van der Waals surface area (Å²) in [4.78, 5) is 12.0. The van der Waals surface area contributed by atoms with Crippen molar-refractivity contribution in [1.82, 2.24) is 10.6 Å². The zero-order chi connectivity index (χ0) is 44.4. The molecule has 0 aromatic heterocycles. The summed E-state index contributed by atoms with van der Waals surface area (Å²) < 4.78 is 0. The molecule has 9 N–H and O–H groups in total. The Morgan fingerprint density at radius 2 is 1.80 bits per heavy atom. The van der Waals surface area contributed by atoms with Gasteiger partial charge in [0.1, 0.15) is 5.75 Å². The highest BCUT2D eigenvalue weighted by Gasteiger charge is 2.36. The molecule has 0 saturated carbocycles. The minimum Gasteiger partial charge on any atom is -0.508 e. The van der Waals surface area contributed by atoms with Crippen LogP contribution >= 0.6 is 0 Å². The normalized spacial score (nSPS) is 23.5. The molecule has 338 valence electrons. The fraction of sp³-hybridized carbons (Fsp3) is 0.627. The third-order valence-electron chi connectivity index (χ3n) is 12.9. The predicted octanol–water partition coefficient (Wildman–Crippen LogP) is 6.83. The number of carbonyl (C=O) groups is 1. The Hall–Kier alpha value is -3.53. The zero-order valence-corrected chi connectivity index (χ0v) is 37.3. The number of hydrogen-bond acceptors (Lipinski definition) is 9. The van der Waals surface area contributed by atoms with Crippen molar-refractivity contribution >= 4 is 5.97 Å². The maximum Gasteiger partial charge on any atom is 0.303 e. The van der Waals surface area contributed by atoms with E-state index in [0.29, 0.717) is 32.1 Å². The summed E-state index contributed by atoms with van der Waals surface area (Å²) in [5, 5.41) is 83.0. The standard InChI is InChI=1S/C51H76N2O8/c1-5-7-8-17-42(56)26-24-38-23-22-37-15-10-14-36(6-2)45(37)18-11-21-49(51(4,61)33-41-25-27-43(57)30-39(41)28-29-54)53-48(46(38)32-44(58)34-55)20-12-19-47-40(31-50(59)60)16-9-13-35(3)52-47/h10,14-15,24-27,30,35,40,42,44,47-49,52-58,61H,5-9,12-13,16-17,19-23,28-29,31-34H2,1-4H3,(H,59,60). The topological polar surface area (TPSA) is 183 Å². The molecule has 10 nitrogen and oxygen atoms in total. The number of unbranched alkanes of at least 4 members (excludes halogenated alkanes) is 2. The zero-order valence-electron chi connectivity index (χ0n) is 37.3. The van der Waals surface area contributed by atoms with Gasteiger partial charge in [-0.1, -0.05) is 94.2 Å². The van der Waals surface area contributed by atoms with Crippen LogP contribution in [0.25, 0.3) is 0 Å². The Bertz CT molecular complexity index is 1790. The lowest BCUT2D eigenvalue weighted by Gasteiger charge is -2.38. The number of nitrogens with one attached hydrogen (secondary N) is 2. The maximum atomic E-state index is 12.7. The minimum absolute atomic E-state index is 0.000827. The van der Waals surface area contributed by atoms with Gasteiger partial charge in [0.25, 0.3) is 0 Å². The summed E-state index contributed by atoms with van der Waals surface area (Å²) in [7, 11) is 0. The van der Waals surface area contributed by atoms with Crippen LogP contribution in [0.1, 0.15) is 145 Å². The van der Waals surface area contributed by atoms with E-state index in [1.54, 1.807) is 25.1 Å². The second-order valence-electron chi connectivity index (χ2n) is 18.0. The minimum atomic E-state index is -1.39. The number of phenolic OH excluding ortho intramolecular Hbond substituents is 1. The highest BCUT2D eigenvalue weighted by atomic mass is 16.4. The van der Waals surface area contributed by atoms with Gasteiger partial charge in [-0.15, -0.1) is 0 Å². The Balaban J connectivity index is 1.88. The molecule has 1 saturated heterocycles. The van der Waals surface area contributed by atoms with Crippen molar-refractivity contribution in [3.05, 3.63) is 87.5 Å². The van der Waals surface area contributed by atoms with Crippen LogP contribution < -0.4 is 10.6 Å². The molecule has 61 heavy (non-hydrogen) atoms. The molecule has 10 heteroatoms. The summed E-state index contributed by atoms with van der Waals surface area (Å²) in [6, 6.07) is 10.6. The molecule has 2 aliphatic rings. The maximum absolute atomic E-state index is 12.7. The third kappa shape index (κ3) is 16.0. The molecule has 8 atom stereocenters. The third-order valence-corrected chi connectivity index (χ3v) is 12.9. The molecule has 2 aromatic carbocycles. The predicted molar refractivity (Wildman–Crippen MR) is 243 cm³/mol. The molecule has 0 amide bonds. The van der Waals surface area contributed by atoms with Crippen LogP contribution in [0.4, 0.5) is 0 Å². The van der Waals surface area contributed by atoms with E-state index in [4.69, 9.17) is 0 Å². The number of aliphatic hydroxyl groups is 5. The van der Waals surface area contributed by atoms with Gasteiger partial charge >= 0.3 is 5.97 Å². The van der Waals surface area contributed by atoms with Crippen LogP contribution in [-0.4, -0.2) is 96.9 Å². The number of aromatic hydroxyl groups is 1. The molecule has 2 aromatic rings. The van der Waals surface area contributed by atoms with Gasteiger partial charge in [0, 0.05) is 55.6 Å². The van der Waals surface area contributed by atoms with E-state index in [2.05, 4.69) is 61.4 Å². The van der Waals surface area contributed by atoms with E-state index >= 15 is 0 Å². The lowest BCUT2D eigenvalue weighted by molar-refractivity contribution is -0.138. The number of phenols is 1. The van der Waals surface area contributed by atoms with Crippen LogP contribution in [0.3, 0.4) is 0 Å². The second kappa shape index (κ2) is 25.5. The van der Waals surface area contributed by atoms with Gasteiger partial charge in [-0.3, -0.25) is 4.79 Å². The van der Waals surface area contributed by atoms with Crippen LogP contribution in [0.2, 0.25) is 0 Å². The van der Waals surface area contributed by atoms with Crippen LogP contribution in [0, 0.1) is 17.8 Å². The molecule has 0 radical (unpaired) electrons. The van der Waals surface area contributed by atoms with Crippen molar-refractivity contribution in [2.45, 2.75) is 185 Å². The highest BCUT2D eigenvalue weighted by molar-refractivity contribution is 5.67. The lowest BCUT2D eigenvalue weighted by atomic mass is 9.81. The number of benzene rings is 2. The molecule has 8 unspecified atom stereocenters. The van der Waals surface area contributed by atoms with Crippen molar-refractivity contribution in [2.75, 3.05) is 13.2 Å². The Labute approximate surface area is 365 Å². The number of aryl methyl sites for hydroxylation is 2. The van der Waals surface area contributed by atoms with E-state index in [1.807, 2.05) is 12.2 Å². The average Bonchev–Trinajstić information content (AvgIpc) is 3.39. The number of rotatable bonds is 21. The molecule has 0 spiro atoms. The van der Waals surface area contributed by atoms with Crippen LogP contribution in [-0.2, 0) is 30.5 Å². The molecule has 0 aliphatic carbocycles. The quantitative estimate of drug-likeness (QED) is 0.0478. The van der Waals surface area contributed by atoms with E-state index in [-0.39, 0.29) is 56.0 Å². The van der Waals surface area contributed by atoms with Crippen molar-refractivity contribution < 1.29 is 40.5 Å². The SMILES string of the molecule is CCCCCC(O)C=CC1=C(CC(O)CO)C(CCCC2NC(C)CCCC2CC(=O)O)NC(C(C)(O)Cc2ccc(O)cc2CCO)CC#Cc2c(CC)cccc2CC1. The summed E-state index contributed by atoms with van der Waals surface area (Å²) in [5.41, 5.74) is 5.24. The first-order valence-corrected chi connectivity index (χ1v) is 23.1. The smallest absolute Gasteiger partial charge is 0.303 e. The molecule has 2 aliphatic heterocycles. The van der Waals surface area contributed by atoms with Gasteiger partial charge in [-0.05, 0) is 130 Å². The lowest BCUT2D eigenvalue weighted by Crippen LogP contribution is -2.54. The van der Waals surface area contributed by atoms with Crippen molar-refractivity contribution in [2.24, 2.45) is 5.92 Å². The Morgan fingerprint density at radius 3 is 2.52 bits per heavy atom. The molecule has 0 bridgehead atoms. The van der Waals surface area contributed by atoms with Gasteiger partial charge < -0.3 is 46.4 Å². The van der Waals surface area contributed by atoms with Gasteiger partial charge in [-0.2, -0.15) is 0 Å². The Kier molecular flexibility index (Phi) is 21.0. The number of aliphatic hydroxyl groups excluding tert-OH is 4. The summed E-state index contributed by atoms with van der Waals surface area (Å²) in [6.45, 7) is 7.66. The van der Waals surface area contributed by atoms with Gasteiger partial charge in [-0.25, -0.2) is 0 Å². The van der Waals surface area contributed by atoms with Gasteiger partial charge in [0.2, 0.25) is 0 Å². The number of carboxylic acid groups (broad SMARTS) is 1. The summed E-state index contributed by atoms with van der Waals surface area (Å²) >= 11 is 0. The first kappa shape index (κ1) is 50.1. The summed E-state index contributed by atoms with van der Waals surface area (Å²) in [5.74, 6) is 6.27. The largest absolute Gasteiger partial charge is 0.508 e. The van der Waals surface area contributed by atoms with E-state index in [1.165, 1.54) is 0 Å². The number of allylic oxidation sites excluding steroid dienone is 2. The fourth-order valence-electron chi connectivity index (χ4n) is 9.43. The van der Waals surface area contributed by atoms with Crippen LogP contribution in [0.5, 0.6) is 5.75 Å².